The van der Waals surface area contributed by atoms with E-state index < -0.39 is 0 Å². The smallest absolute Gasteiger partial charge is 0.0656 e. The molecule has 0 saturated heterocycles. The topological polar surface area (TPSA) is 20.2 Å². The van der Waals surface area contributed by atoms with E-state index in [9.17, 15) is 5.11 Å². The van der Waals surface area contributed by atoms with Crippen molar-refractivity contribution in [2.24, 2.45) is 17.8 Å². The lowest BCUT2D eigenvalue weighted by atomic mass is 9.50. The third-order valence-corrected chi connectivity index (χ3v) is 4.44. The molecule has 4 aliphatic rings. The van der Waals surface area contributed by atoms with Gasteiger partial charge < -0.3 is 5.11 Å². The summed E-state index contributed by atoms with van der Waals surface area (Å²) in [6.45, 7) is 2.32. The Bertz CT molecular complexity index is 195. The molecule has 67 valence electrons. The molecule has 1 heteroatoms. The van der Waals surface area contributed by atoms with Crippen molar-refractivity contribution in [2.75, 3.05) is 0 Å². The van der Waals surface area contributed by atoms with Crippen molar-refractivity contribution in [3.05, 3.63) is 5.92 Å². The van der Waals surface area contributed by atoms with Crippen LogP contribution in [0.1, 0.15) is 39.0 Å². The summed E-state index contributed by atoms with van der Waals surface area (Å²) in [6, 6.07) is 0. The molecule has 0 spiro atoms. The second-order valence-corrected chi connectivity index (χ2v) is 5.31. The Labute approximate surface area is 74.2 Å². The van der Waals surface area contributed by atoms with Crippen LogP contribution in [0.3, 0.4) is 0 Å². The number of hydrogen-bond donors (Lipinski definition) is 1. The van der Waals surface area contributed by atoms with Gasteiger partial charge in [-0.15, -0.1) is 0 Å². The molecule has 0 amide bonds. The molecular formula is C11H17O. The first kappa shape index (κ1) is 7.37. The number of hydrogen-bond acceptors (Lipinski definition) is 1. The molecule has 0 aromatic carbocycles. The summed E-state index contributed by atoms with van der Waals surface area (Å²) in [6.07, 6.45) is 6.01. The van der Waals surface area contributed by atoms with E-state index in [-0.39, 0.29) is 5.60 Å². The van der Waals surface area contributed by atoms with Crippen LogP contribution in [-0.4, -0.2) is 10.7 Å². The van der Waals surface area contributed by atoms with E-state index in [0.29, 0.717) is 0 Å². The van der Waals surface area contributed by atoms with Gasteiger partial charge in [-0.1, -0.05) is 6.92 Å². The van der Waals surface area contributed by atoms with Crippen molar-refractivity contribution in [1.29, 1.82) is 0 Å². The molecule has 0 heterocycles. The molecule has 1 radical (unpaired) electrons. The van der Waals surface area contributed by atoms with Crippen LogP contribution < -0.4 is 0 Å². The van der Waals surface area contributed by atoms with Gasteiger partial charge in [0.05, 0.1) is 5.60 Å². The van der Waals surface area contributed by atoms with Gasteiger partial charge in [0, 0.05) is 0 Å². The van der Waals surface area contributed by atoms with Crippen LogP contribution in [0.25, 0.3) is 0 Å². The van der Waals surface area contributed by atoms with Gasteiger partial charge in [-0.05, 0) is 55.8 Å². The zero-order valence-electron chi connectivity index (χ0n) is 7.71. The molecule has 4 bridgehead atoms. The minimum Gasteiger partial charge on any atom is -0.390 e. The molecule has 1 N–H and O–H groups in total. The standard InChI is InChI=1S/C11H17O/c1-7-9-2-8-3-10(7)6-11(12,4-8)5-9/h8-10,12H,2-6H2,1H3. The van der Waals surface area contributed by atoms with E-state index >= 15 is 0 Å². The van der Waals surface area contributed by atoms with Crippen LogP contribution in [0.2, 0.25) is 0 Å². The SMILES string of the molecule is C[C]1C2CC3CC1CC(O)(C3)C2. The fourth-order valence-electron chi connectivity index (χ4n) is 3.97. The molecule has 0 aromatic rings. The molecule has 4 aliphatic carbocycles. The molecule has 4 saturated carbocycles. The zero-order chi connectivity index (χ0) is 8.34. The van der Waals surface area contributed by atoms with E-state index in [1.54, 1.807) is 5.92 Å². The maximum Gasteiger partial charge on any atom is 0.0656 e. The fraction of sp³-hybridized carbons (Fsp3) is 0.909. The highest BCUT2D eigenvalue weighted by Gasteiger charge is 2.53. The van der Waals surface area contributed by atoms with E-state index in [0.717, 1.165) is 37.0 Å². The summed E-state index contributed by atoms with van der Waals surface area (Å²) >= 11 is 0. The van der Waals surface area contributed by atoms with Gasteiger partial charge in [-0.3, -0.25) is 0 Å². The van der Waals surface area contributed by atoms with Gasteiger partial charge in [0.25, 0.3) is 0 Å². The minimum absolute atomic E-state index is 0.240. The number of rotatable bonds is 0. The summed E-state index contributed by atoms with van der Waals surface area (Å²) in [5, 5.41) is 10.2. The third-order valence-electron chi connectivity index (χ3n) is 4.44. The fourth-order valence-corrected chi connectivity index (χ4v) is 3.97. The highest BCUT2D eigenvalue weighted by molar-refractivity contribution is 5.15. The van der Waals surface area contributed by atoms with Gasteiger partial charge in [0.2, 0.25) is 0 Å². The Morgan fingerprint density at radius 1 is 1.17 bits per heavy atom. The van der Waals surface area contributed by atoms with Crippen molar-refractivity contribution in [1.82, 2.24) is 0 Å². The molecule has 4 fully saturated rings. The van der Waals surface area contributed by atoms with Crippen molar-refractivity contribution in [3.63, 3.8) is 0 Å². The van der Waals surface area contributed by atoms with Crippen molar-refractivity contribution >= 4 is 0 Å². The van der Waals surface area contributed by atoms with Gasteiger partial charge in [-0.25, -0.2) is 0 Å². The predicted octanol–water partition coefficient (Wildman–Crippen LogP) is 2.15. The molecule has 2 atom stereocenters. The summed E-state index contributed by atoms with van der Waals surface area (Å²) in [7, 11) is 0. The maximum atomic E-state index is 10.2. The highest BCUT2D eigenvalue weighted by atomic mass is 16.3. The Balaban J connectivity index is 1.95. The maximum absolute atomic E-state index is 10.2. The van der Waals surface area contributed by atoms with Crippen molar-refractivity contribution in [2.45, 2.75) is 44.6 Å². The second-order valence-electron chi connectivity index (χ2n) is 5.31. The van der Waals surface area contributed by atoms with E-state index in [1.807, 2.05) is 0 Å². The van der Waals surface area contributed by atoms with E-state index in [1.165, 1.54) is 12.8 Å². The molecule has 2 unspecified atom stereocenters. The largest absolute Gasteiger partial charge is 0.390 e. The lowest BCUT2D eigenvalue weighted by molar-refractivity contribution is -0.112. The second kappa shape index (κ2) is 2.06. The Hall–Kier alpha value is -0.0400. The summed E-state index contributed by atoms with van der Waals surface area (Å²) in [5.74, 6) is 4.12. The number of aliphatic hydroxyl groups is 1. The lowest BCUT2D eigenvalue weighted by Crippen LogP contribution is -2.53. The minimum atomic E-state index is -0.240. The first-order valence-electron chi connectivity index (χ1n) is 5.22. The Morgan fingerprint density at radius 3 is 2.25 bits per heavy atom. The third kappa shape index (κ3) is 0.834. The summed E-state index contributed by atoms with van der Waals surface area (Å²) in [4.78, 5) is 0. The van der Waals surface area contributed by atoms with Crippen LogP contribution >= 0.6 is 0 Å². The average molecular weight is 165 g/mol. The highest BCUT2D eigenvalue weighted by Crippen LogP contribution is 2.58. The normalized spacial score (nSPS) is 58.0. The van der Waals surface area contributed by atoms with Crippen LogP contribution in [-0.2, 0) is 0 Å². The quantitative estimate of drug-likeness (QED) is 0.583. The summed E-state index contributed by atoms with van der Waals surface area (Å²) in [5.41, 5.74) is -0.240. The van der Waals surface area contributed by atoms with Crippen molar-refractivity contribution in [3.8, 4) is 0 Å². The molecule has 1 nitrogen and oxygen atoms in total. The lowest BCUT2D eigenvalue weighted by Gasteiger charge is -2.57. The van der Waals surface area contributed by atoms with Crippen LogP contribution in [0, 0.1) is 23.7 Å². The Kier molecular flexibility index (Phi) is 1.27. The van der Waals surface area contributed by atoms with Gasteiger partial charge in [0.1, 0.15) is 0 Å². The van der Waals surface area contributed by atoms with Gasteiger partial charge in [0.15, 0.2) is 0 Å². The van der Waals surface area contributed by atoms with Gasteiger partial charge >= 0.3 is 0 Å². The summed E-state index contributed by atoms with van der Waals surface area (Å²) < 4.78 is 0. The average Bonchev–Trinajstić information content (AvgIpc) is 1.96. The first-order valence-corrected chi connectivity index (χ1v) is 5.22. The predicted molar refractivity (Wildman–Crippen MR) is 47.4 cm³/mol. The Morgan fingerprint density at radius 2 is 1.75 bits per heavy atom. The van der Waals surface area contributed by atoms with Crippen molar-refractivity contribution < 1.29 is 5.11 Å². The van der Waals surface area contributed by atoms with Gasteiger partial charge in [-0.2, -0.15) is 0 Å². The molecule has 0 aromatic heterocycles. The molecular weight excluding hydrogens is 148 g/mol. The molecule has 0 aliphatic heterocycles. The van der Waals surface area contributed by atoms with Crippen LogP contribution in [0.4, 0.5) is 0 Å². The zero-order valence-corrected chi connectivity index (χ0v) is 7.71. The molecule has 12 heavy (non-hydrogen) atoms. The van der Waals surface area contributed by atoms with E-state index in [2.05, 4.69) is 6.92 Å². The monoisotopic (exact) mass is 165 g/mol. The first-order chi connectivity index (χ1) is 5.66. The van der Waals surface area contributed by atoms with Crippen LogP contribution in [0.5, 0.6) is 0 Å². The molecule has 4 rings (SSSR count). The van der Waals surface area contributed by atoms with E-state index in [4.69, 9.17) is 0 Å². The van der Waals surface area contributed by atoms with Crippen LogP contribution in [0.15, 0.2) is 0 Å².